The van der Waals surface area contributed by atoms with Crippen LogP contribution in [0, 0.1) is 0 Å². The molecule has 0 radical (unpaired) electrons. The summed E-state index contributed by atoms with van der Waals surface area (Å²) < 4.78 is 25.2. The summed E-state index contributed by atoms with van der Waals surface area (Å²) in [5, 5.41) is 23.9. The Balaban J connectivity index is 1.74. The molecule has 0 saturated carbocycles. The summed E-state index contributed by atoms with van der Waals surface area (Å²) in [6, 6.07) is 18.2. The number of phenols is 1. The van der Waals surface area contributed by atoms with Gasteiger partial charge in [0.1, 0.15) is 5.75 Å². The molecule has 0 saturated heterocycles. The molecule has 7 nitrogen and oxygen atoms in total. The van der Waals surface area contributed by atoms with Gasteiger partial charge in [-0.15, -0.1) is 0 Å². The van der Waals surface area contributed by atoms with Crippen LogP contribution in [0.15, 0.2) is 73.1 Å². The highest BCUT2D eigenvalue weighted by Gasteiger charge is 2.17. The van der Waals surface area contributed by atoms with Crippen molar-refractivity contribution in [2.45, 2.75) is 18.6 Å². The van der Waals surface area contributed by atoms with Crippen LogP contribution in [-0.4, -0.2) is 36.4 Å². The Morgan fingerprint density at radius 3 is 2.37 bits per heavy atom. The minimum atomic E-state index is -3.55. The molecule has 3 aromatic rings. The number of aliphatic hydroxyl groups is 1. The summed E-state index contributed by atoms with van der Waals surface area (Å²) in [6.45, 7) is 0.239. The number of aromatic hydroxyl groups is 1. The summed E-state index contributed by atoms with van der Waals surface area (Å²) >= 11 is 0. The summed E-state index contributed by atoms with van der Waals surface area (Å²) in [6.07, 6.45) is 4.29. The van der Waals surface area contributed by atoms with Gasteiger partial charge in [-0.2, -0.15) is 0 Å². The highest BCUT2D eigenvalue weighted by atomic mass is 32.2. The fourth-order valence-corrected chi connectivity index (χ4v) is 3.73. The molecule has 4 N–H and O–H groups in total. The van der Waals surface area contributed by atoms with Crippen molar-refractivity contribution in [3.63, 3.8) is 0 Å². The van der Waals surface area contributed by atoms with Crippen LogP contribution in [0.5, 0.6) is 5.75 Å². The predicted molar refractivity (Wildman–Crippen MR) is 117 cm³/mol. The summed E-state index contributed by atoms with van der Waals surface area (Å²) in [4.78, 5) is 4.07. The highest BCUT2D eigenvalue weighted by molar-refractivity contribution is 7.92. The molecule has 8 heteroatoms. The fraction of sp³-hybridized carbons (Fsp3) is 0.227. The first-order chi connectivity index (χ1) is 14.3. The molecular formula is C22H25N3O4S. The van der Waals surface area contributed by atoms with E-state index in [0.717, 1.165) is 23.8 Å². The molecule has 0 bridgehead atoms. The van der Waals surface area contributed by atoms with Gasteiger partial charge in [-0.3, -0.25) is 9.71 Å². The molecule has 0 aliphatic carbocycles. The van der Waals surface area contributed by atoms with Gasteiger partial charge in [0.05, 0.1) is 18.0 Å². The summed E-state index contributed by atoms with van der Waals surface area (Å²) in [7, 11) is -3.55. The zero-order chi connectivity index (χ0) is 21.6. The second-order valence-corrected chi connectivity index (χ2v) is 8.85. The number of aliphatic hydroxyl groups excluding tert-OH is 1. The molecule has 0 aliphatic heterocycles. The third-order valence-electron chi connectivity index (χ3n) is 4.65. The molecule has 0 spiro atoms. The largest absolute Gasteiger partial charge is 0.506 e. The van der Waals surface area contributed by atoms with Crippen molar-refractivity contribution in [1.29, 1.82) is 0 Å². The number of benzene rings is 2. The lowest BCUT2D eigenvalue weighted by Crippen LogP contribution is -2.28. The van der Waals surface area contributed by atoms with Gasteiger partial charge in [-0.05, 0) is 47.4 Å². The summed E-state index contributed by atoms with van der Waals surface area (Å²) in [5.74, 6) is -0.205. The van der Waals surface area contributed by atoms with E-state index >= 15 is 0 Å². The lowest BCUT2D eigenvalue weighted by atomic mass is 9.99. The van der Waals surface area contributed by atoms with Gasteiger partial charge in [0.25, 0.3) is 0 Å². The number of nitrogens with one attached hydrogen (secondary N) is 2. The van der Waals surface area contributed by atoms with Crippen LogP contribution in [0.1, 0.15) is 28.8 Å². The number of aromatic nitrogens is 1. The quantitative estimate of drug-likeness (QED) is 0.391. The van der Waals surface area contributed by atoms with Crippen molar-refractivity contribution < 1.29 is 18.6 Å². The molecule has 2 atom stereocenters. The Morgan fingerprint density at radius 1 is 1.00 bits per heavy atom. The third-order valence-corrected chi connectivity index (χ3v) is 5.24. The molecule has 0 fully saturated rings. The fourth-order valence-electron chi connectivity index (χ4n) is 3.17. The van der Waals surface area contributed by atoms with E-state index in [4.69, 9.17) is 0 Å². The number of nitrogens with zero attached hydrogens (tertiary/aromatic N) is 1. The van der Waals surface area contributed by atoms with Crippen LogP contribution < -0.4 is 10.0 Å². The van der Waals surface area contributed by atoms with Crippen molar-refractivity contribution in [1.82, 2.24) is 10.3 Å². The van der Waals surface area contributed by atoms with Crippen LogP contribution in [0.25, 0.3) is 0 Å². The van der Waals surface area contributed by atoms with Crippen molar-refractivity contribution in [3.05, 3.63) is 89.7 Å². The van der Waals surface area contributed by atoms with Crippen molar-refractivity contribution >= 4 is 15.7 Å². The molecule has 1 heterocycles. The lowest BCUT2D eigenvalue weighted by molar-refractivity contribution is 0.169. The zero-order valence-electron chi connectivity index (χ0n) is 16.6. The first kappa shape index (κ1) is 21.8. The van der Waals surface area contributed by atoms with Gasteiger partial charge in [-0.25, -0.2) is 8.42 Å². The minimum Gasteiger partial charge on any atom is -0.506 e. The number of rotatable bonds is 9. The summed E-state index contributed by atoms with van der Waals surface area (Å²) in [5.41, 5.74) is 2.72. The van der Waals surface area contributed by atoms with Gasteiger partial charge in [0.15, 0.2) is 0 Å². The molecule has 3 rings (SSSR count). The Kier molecular flexibility index (Phi) is 7.04. The van der Waals surface area contributed by atoms with E-state index in [9.17, 15) is 18.6 Å². The van der Waals surface area contributed by atoms with Crippen molar-refractivity contribution in [2.24, 2.45) is 0 Å². The van der Waals surface area contributed by atoms with Gasteiger partial charge in [0, 0.05) is 25.0 Å². The van der Waals surface area contributed by atoms with E-state index in [1.165, 1.54) is 12.1 Å². The second-order valence-electron chi connectivity index (χ2n) is 7.10. The first-order valence-electron chi connectivity index (χ1n) is 9.48. The van der Waals surface area contributed by atoms with Crippen LogP contribution in [0.4, 0.5) is 5.69 Å². The molecule has 2 unspecified atom stereocenters. The van der Waals surface area contributed by atoms with Gasteiger partial charge in [-0.1, -0.05) is 36.4 Å². The highest BCUT2D eigenvalue weighted by Crippen LogP contribution is 2.28. The first-order valence-corrected chi connectivity index (χ1v) is 11.4. The van der Waals surface area contributed by atoms with E-state index in [-0.39, 0.29) is 24.0 Å². The molecule has 0 amide bonds. The predicted octanol–water partition coefficient (Wildman–Crippen LogP) is 2.77. The van der Waals surface area contributed by atoms with Gasteiger partial charge in [0.2, 0.25) is 10.0 Å². The van der Waals surface area contributed by atoms with E-state index in [1.807, 2.05) is 30.3 Å². The smallest absolute Gasteiger partial charge is 0.229 e. The number of hydrogen-bond donors (Lipinski definition) is 4. The van der Waals surface area contributed by atoms with Crippen LogP contribution in [-0.2, 0) is 16.4 Å². The number of pyridine rings is 1. The second kappa shape index (κ2) is 9.71. The minimum absolute atomic E-state index is 0.0315. The van der Waals surface area contributed by atoms with Crippen LogP contribution >= 0.6 is 0 Å². The van der Waals surface area contributed by atoms with Crippen LogP contribution in [0.2, 0.25) is 0 Å². The molecule has 158 valence electrons. The molecular weight excluding hydrogens is 402 g/mol. The van der Waals surface area contributed by atoms with E-state index < -0.39 is 16.1 Å². The van der Waals surface area contributed by atoms with Crippen molar-refractivity contribution in [2.75, 3.05) is 17.5 Å². The van der Waals surface area contributed by atoms with Gasteiger partial charge < -0.3 is 15.5 Å². The van der Waals surface area contributed by atoms with E-state index in [0.29, 0.717) is 5.56 Å². The SMILES string of the molecule is CS(=O)(=O)Nc1cc(C(O)CNC(Cc2ccccc2)c2ccncc2)ccc1O. The van der Waals surface area contributed by atoms with Crippen LogP contribution in [0.3, 0.4) is 0 Å². The topological polar surface area (TPSA) is 112 Å². The Hall–Kier alpha value is -2.94. The Bertz CT molecular complexity index is 1060. The number of anilines is 1. The third kappa shape index (κ3) is 6.28. The molecule has 2 aromatic carbocycles. The average molecular weight is 428 g/mol. The Labute approximate surface area is 176 Å². The maximum absolute atomic E-state index is 11.5. The molecule has 0 aliphatic rings. The Morgan fingerprint density at radius 2 is 1.70 bits per heavy atom. The lowest BCUT2D eigenvalue weighted by Gasteiger charge is -2.22. The van der Waals surface area contributed by atoms with Crippen molar-refractivity contribution in [3.8, 4) is 5.75 Å². The number of sulfonamides is 1. The maximum Gasteiger partial charge on any atom is 0.229 e. The van der Waals surface area contributed by atoms with E-state index in [1.54, 1.807) is 18.5 Å². The van der Waals surface area contributed by atoms with Gasteiger partial charge >= 0.3 is 0 Å². The normalized spacial score (nSPS) is 13.5. The number of hydrogen-bond acceptors (Lipinski definition) is 6. The number of phenolic OH excluding ortho intramolecular Hbond substituents is 1. The average Bonchev–Trinajstić information content (AvgIpc) is 2.73. The zero-order valence-corrected chi connectivity index (χ0v) is 17.4. The standard InChI is InChI=1S/C22H25N3O4S/c1-30(28,29)25-20-14-18(7-8-21(20)26)22(27)15-24-19(17-9-11-23-12-10-17)13-16-5-3-2-4-6-16/h2-12,14,19,22,24-27H,13,15H2,1H3. The monoisotopic (exact) mass is 427 g/mol. The van der Waals surface area contributed by atoms with E-state index in [2.05, 4.69) is 27.2 Å². The maximum atomic E-state index is 11.5. The molecule has 30 heavy (non-hydrogen) atoms. The molecule has 1 aromatic heterocycles.